The summed E-state index contributed by atoms with van der Waals surface area (Å²) in [4.78, 5) is 25.7. The Labute approximate surface area is 146 Å². The van der Waals surface area contributed by atoms with Crippen molar-refractivity contribution in [1.82, 2.24) is 25.2 Å². The molecule has 1 aliphatic rings. The molecule has 8 heteroatoms. The van der Waals surface area contributed by atoms with E-state index in [1.807, 2.05) is 18.7 Å². The molecule has 0 saturated carbocycles. The third-order valence-corrected chi connectivity index (χ3v) is 4.74. The molecule has 2 amide bonds. The topological polar surface area (TPSA) is 93.3 Å². The summed E-state index contributed by atoms with van der Waals surface area (Å²) in [5, 5.41) is 11.3. The highest BCUT2D eigenvalue weighted by atomic mass is 16.5. The number of hydrogen-bond acceptors (Lipinski definition) is 5. The molecule has 1 N–H and O–H groups in total. The van der Waals surface area contributed by atoms with Gasteiger partial charge in [-0.05, 0) is 13.8 Å². The van der Waals surface area contributed by atoms with Crippen LogP contribution >= 0.6 is 0 Å². The molecular weight excluding hydrogens is 322 g/mol. The second kappa shape index (κ2) is 6.70. The highest BCUT2D eigenvalue weighted by Crippen LogP contribution is 2.22. The Balaban J connectivity index is 1.68. The summed E-state index contributed by atoms with van der Waals surface area (Å²) in [7, 11) is 1.90. The van der Waals surface area contributed by atoms with Crippen LogP contribution in [0.25, 0.3) is 0 Å². The standard InChI is InChI=1S/C17H23N5O3/c1-10-13(11(2)25-20-10)7-17(24)18-8-15-14-9-22(12(3)23)6-5-16(14)21(4)19-15/h5-9H2,1-4H3,(H,18,24). The number of fused-ring (bicyclic) bond motifs is 1. The summed E-state index contributed by atoms with van der Waals surface area (Å²) in [6.45, 7) is 6.80. The molecule has 0 fully saturated rings. The van der Waals surface area contributed by atoms with Gasteiger partial charge in [0.2, 0.25) is 11.8 Å². The molecule has 8 nitrogen and oxygen atoms in total. The minimum Gasteiger partial charge on any atom is -0.361 e. The fraction of sp³-hybridized carbons (Fsp3) is 0.529. The van der Waals surface area contributed by atoms with Crippen molar-refractivity contribution in [2.24, 2.45) is 7.05 Å². The first kappa shape index (κ1) is 17.2. The van der Waals surface area contributed by atoms with Crippen LogP contribution in [0.4, 0.5) is 0 Å². The summed E-state index contributed by atoms with van der Waals surface area (Å²) >= 11 is 0. The van der Waals surface area contributed by atoms with Gasteiger partial charge < -0.3 is 14.7 Å². The monoisotopic (exact) mass is 345 g/mol. The molecule has 3 rings (SSSR count). The van der Waals surface area contributed by atoms with Gasteiger partial charge in [0.15, 0.2) is 0 Å². The maximum absolute atomic E-state index is 12.3. The van der Waals surface area contributed by atoms with Gasteiger partial charge in [-0.2, -0.15) is 5.10 Å². The predicted octanol–water partition coefficient (Wildman–Crippen LogP) is 0.788. The molecule has 2 aromatic heterocycles. The maximum Gasteiger partial charge on any atom is 0.224 e. The van der Waals surface area contributed by atoms with Gasteiger partial charge in [-0.25, -0.2) is 0 Å². The Morgan fingerprint density at radius 3 is 2.72 bits per heavy atom. The second-order valence-electron chi connectivity index (χ2n) is 6.44. The van der Waals surface area contributed by atoms with Crippen molar-refractivity contribution < 1.29 is 14.1 Å². The van der Waals surface area contributed by atoms with E-state index in [9.17, 15) is 9.59 Å². The Morgan fingerprint density at radius 1 is 1.32 bits per heavy atom. The van der Waals surface area contributed by atoms with Gasteiger partial charge in [-0.15, -0.1) is 0 Å². The zero-order valence-corrected chi connectivity index (χ0v) is 15.0. The number of hydrogen-bond donors (Lipinski definition) is 1. The number of rotatable bonds is 4. The SMILES string of the molecule is CC(=O)N1CCc2c(c(CNC(=O)Cc3c(C)noc3C)nn2C)C1. The van der Waals surface area contributed by atoms with Gasteiger partial charge in [0.1, 0.15) is 5.76 Å². The van der Waals surface area contributed by atoms with Crippen molar-refractivity contribution in [2.45, 2.75) is 46.7 Å². The molecule has 0 bridgehead atoms. The van der Waals surface area contributed by atoms with Crippen LogP contribution < -0.4 is 5.32 Å². The van der Waals surface area contributed by atoms with Crippen LogP contribution in [0, 0.1) is 13.8 Å². The van der Waals surface area contributed by atoms with E-state index < -0.39 is 0 Å². The molecule has 25 heavy (non-hydrogen) atoms. The predicted molar refractivity (Wildman–Crippen MR) is 89.5 cm³/mol. The molecule has 0 aromatic carbocycles. The maximum atomic E-state index is 12.3. The summed E-state index contributed by atoms with van der Waals surface area (Å²) in [6.07, 6.45) is 1.02. The van der Waals surface area contributed by atoms with Crippen LogP contribution in [0.15, 0.2) is 4.52 Å². The van der Waals surface area contributed by atoms with E-state index >= 15 is 0 Å². The minimum atomic E-state index is -0.104. The van der Waals surface area contributed by atoms with Crippen LogP contribution in [0.3, 0.4) is 0 Å². The van der Waals surface area contributed by atoms with Crippen molar-refractivity contribution >= 4 is 11.8 Å². The van der Waals surface area contributed by atoms with E-state index in [1.165, 1.54) is 0 Å². The van der Waals surface area contributed by atoms with Crippen LogP contribution in [-0.4, -0.2) is 38.2 Å². The van der Waals surface area contributed by atoms with Crippen LogP contribution in [0.5, 0.6) is 0 Å². The molecule has 1 aliphatic heterocycles. The van der Waals surface area contributed by atoms with E-state index in [-0.39, 0.29) is 18.2 Å². The Kier molecular flexibility index (Phi) is 4.61. The van der Waals surface area contributed by atoms with E-state index in [2.05, 4.69) is 15.6 Å². The molecule has 0 saturated heterocycles. The van der Waals surface area contributed by atoms with Crippen molar-refractivity contribution in [3.05, 3.63) is 34.0 Å². The van der Waals surface area contributed by atoms with Gasteiger partial charge in [0.05, 0.1) is 24.4 Å². The summed E-state index contributed by atoms with van der Waals surface area (Å²) in [5.74, 6) is 0.621. The lowest BCUT2D eigenvalue weighted by molar-refractivity contribution is -0.129. The Hall–Kier alpha value is -2.64. The fourth-order valence-electron chi connectivity index (χ4n) is 3.24. The molecular formula is C17H23N5O3. The van der Waals surface area contributed by atoms with Gasteiger partial charge in [-0.3, -0.25) is 14.3 Å². The van der Waals surface area contributed by atoms with E-state index in [0.29, 0.717) is 25.4 Å². The average molecular weight is 345 g/mol. The first-order valence-corrected chi connectivity index (χ1v) is 8.34. The lowest BCUT2D eigenvalue weighted by atomic mass is 10.0. The number of aryl methyl sites for hydroxylation is 3. The number of carbonyl (C=O) groups is 2. The highest BCUT2D eigenvalue weighted by molar-refractivity contribution is 5.79. The molecule has 3 heterocycles. The van der Waals surface area contributed by atoms with E-state index in [0.717, 1.165) is 34.6 Å². The molecule has 0 spiro atoms. The van der Waals surface area contributed by atoms with Crippen molar-refractivity contribution in [3.63, 3.8) is 0 Å². The summed E-state index contributed by atoms with van der Waals surface area (Å²) in [6, 6.07) is 0. The molecule has 0 radical (unpaired) electrons. The van der Waals surface area contributed by atoms with Crippen molar-refractivity contribution in [3.8, 4) is 0 Å². The zero-order chi connectivity index (χ0) is 18.1. The van der Waals surface area contributed by atoms with Crippen molar-refractivity contribution in [2.75, 3.05) is 6.54 Å². The summed E-state index contributed by atoms with van der Waals surface area (Å²) < 4.78 is 6.94. The van der Waals surface area contributed by atoms with Crippen LogP contribution in [-0.2, 0) is 42.6 Å². The number of aromatic nitrogens is 3. The third-order valence-electron chi connectivity index (χ3n) is 4.74. The molecule has 0 atom stereocenters. The normalized spacial score (nSPS) is 13.7. The summed E-state index contributed by atoms with van der Waals surface area (Å²) in [5.41, 5.74) is 4.55. The second-order valence-corrected chi connectivity index (χ2v) is 6.44. The lowest BCUT2D eigenvalue weighted by Gasteiger charge is -2.26. The minimum absolute atomic E-state index is 0.0582. The quantitative estimate of drug-likeness (QED) is 0.884. The first-order valence-electron chi connectivity index (χ1n) is 8.34. The van der Waals surface area contributed by atoms with Gasteiger partial charge in [0.25, 0.3) is 0 Å². The van der Waals surface area contributed by atoms with Gasteiger partial charge in [-0.1, -0.05) is 5.16 Å². The molecule has 0 aliphatic carbocycles. The largest absolute Gasteiger partial charge is 0.361 e. The highest BCUT2D eigenvalue weighted by Gasteiger charge is 2.25. The average Bonchev–Trinajstić information content (AvgIpc) is 3.06. The van der Waals surface area contributed by atoms with Gasteiger partial charge >= 0.3 is 0 Å². The van der Waals surface area contributed by atoms with E-state index in [1.54, 1.807) is 18.7 Å². The molecule has 0 unspecified atom stereocenters. The van der Waals surface area contributed by atoms with Crippen LogP contribution in [0.1, 0.15) is 40.9 Å². The molecule has 2 aromatic rings. The Bertz CT molecular complexity index is 801. The molecule has 134 valence electrons. The van der Waals surface area contributed by atoms with Crippen LogP contribution in [0.2, 0.25) is 0 Å². The lowest BCUT2D eigenvalue weighted by Crippen LogP contribution is -2.35. The smallest absolute Gasteiger partial charge is 0.224 e. The third kappa shape index (κ3) is 3.42. The number of carbonyl (C=O) groups excluding carboxylic acids is 2. The fourth-order valence-corrected chi connectivity index (χ4v) is 3.24. The Morgan fingerprint density at radius 2 is 2.08 bits per heavy atom. The zero-order valence-electron chi connectivity index (χ0n) is 15.0. The number of nitrogens with zero attached hydrogens (tertiary/aromatic N) is 4. The number of nitrogens with one attached hydrogen (secondary N) is 1. The van der Waals surface area contributed by atoms with Gasteiger partial charge in [0, 0.05) is 50.3 Å². The van der Waals surface area contributed by atoms with Crippen molar-refractivity contribution in [1.29, 1.82) is 0 Å². The van der Waals surface area contributed by atoms with E-state index in [4.69, 9.17) is 4.52 Å². The number of amides is 2. The first-order chi connectivity index (χ1) is 11.9.